The monoisotopic (exact) mass is 290 g/mol. The van der Waals surface area contributed by atoms with E-state index in [2.05, 4.69) is 19.2 Å². The molecule has 1 rings (SSSR count). The number of hydrogen-bond acceptors (Lipinski definition) is 2. The first-order valence-electron chi connectivity index (χ1n) is 7.47. The summed E-state index contributed by atoms with van der Waals surface area (Å²) in [5.41, 5.74) is 2.29. The molecule has 21 heavy (non-hydrogen) atoms. The number of nitrogens with zero attached hydrogens (tertiary/aromatic N) is 1. The predicted octanol–water partition coefficient (Wildman–Crippen LogP) is 2.51. The molecule has 2 amide bonds. The average molecular weight is 290 g/mol. The zero-order valence-corrected chi connectivity index (χ0v) is 13.5. The van der Waals surface area contributed by atoms with E-state index in [1.165, 1.54) is 5.56 Å². The van der Waals surface area contributed by atoms with Gasteiger partial charge in [-0.25, -0.2) is 0 Å². The highest BCUT2D eigenvalue weighted by Gasteiger charge is 2.12. The standard InChI is InChI=1S/C17H26N2O2/c1-13(2)12-19(15(4)20)10-9-17(21)18-11-16-8-6-5-7-14(16)3/h5-8,13H,9-12H2,1-4H3,(H,18,21). The number of nitrogens with one attached hydrogen (secondary N) is 1. The molecule has 0 fully saturated rings. The van der Waals surface area contributed by atoms with Crippen LogP contribution >= 0.6 is 0 Å². The summed E-state index contributed by atoms with van der Waals surface area (Å²) < 4.78 is 0. The number of amides is 2. The lowest BCUT2D eigenvalue weighted by atomic mass is 10.1. The first kappa shape index (κ1) is 17.2. The summed E-state index contributed by atoms with van der Waals surface area (Å²) in [6.07, 6.45) is 0.345. The summed E-state index contributed by atoms with van der Waals surface area (Å²) >= 11 is 0. The van der Waals surface area contributed by atoms with Crippen molar-refractivity contribution in [1.29, 1.82) is 0 Å². The van der Waals surface area contributed by atoms with Gasteiger partial charge in [0.15, 0.2) is 0 Å². The van der Waals surface area contributed by atoms with Crippen LogP contribution in [-0.2, 0) is 16.1 Å². The summed E-state index contributed by atoms with van der Waals surface area (Å²) in [5, 5.41) is 2.91. The maximum absolute atomic E-state index is 11.9. The number of hydrogen-bond donors (Lipinski definition) is 1. The van der Waals surface area contributed by atoms with Crippen LogP contribution in [-0.4, -0.2) is 29.8 Å². The average Bonchev–Trinajstić information content (AvgIpc) is 2.41. The Morgan fingerprint density at radius 1 is 1.24 bits per heavy atom. The molecule has 0 aliphatic heterocycles. The third-order valence-electron chi connectivity index (χ3n) is 3.38. The highest BCUT2D eigenvalue weighted by atomic mass is 16.2. The van der Waals surface area contributed by atoms with Gasteiger partial charge in [0.25, 0.3) is 0 Å². The Balaban J connectivity index is 2.39. The Kier molecular flexibility index (Phi) is 6.92. The van der Waals surface area contributed by atoms with Gasteiger partial charge in [-0.15, -0.1) is 0 Å². The van der Waals surface area contributed by atoms with E-state index in [9.17, 15) is 9.59 Å². The number of benzene rings is 1. The van der Waals surface area contributed by atoms with Crippen LogP contribution in [0.15, 0.2) is 24.3 Å². The highest BCUT2D eigenvalue weighted by molar-refractivity contribution is 5.78. The van der Waals surface area contributed by atoms with Gasteiger partial charge in [0.2, 0.25) is 11.8 Å². The lowest BCUT2D eigenvalue weighted by Gasteiger charge is -2.22. The third kappa shape index (κ3) is 6.43. The molecule has 0 aliphatic carbocycles. The summed E-state index contributed by atoms with van der Waals surface area (Å²) in [4.78, 5) is 25.1. The van der Waals surface area contributed by atoms with Crippen LogP contribution in [0.5, 0.6) is 0 Å². The van der Waals surface area contributed by atoms with Gasteiger partial charge >= 0.3 is 0 Å². The largest absolute Gasteiger partial charge is 0.352 e. The zero-order valence-electron chi connectivity index (χ0n) is 13.5. The van der Waals surface area contributed by atoms with Gasteiger partial charge in [0.05, 0.1) is 0 Å². The Morgan fingerprint density at radius 2 is 1.90 bits per heavy atom. The highest BCUT2D eigenvalue weighted by Crippen LogP contribution is 2.06. The predicted molar refractivity (Wildman–Crippen MR) is 84.7 cm³/mol. The molecule has 4 heteroatoms. The minimum atomic E-state index is -0.0201. The van der Waals surface area contributed by atoms with E-state index in [4.69, 9.17) is 0 Å². The molecule has 0 aliphatic rings. The molecule has 0 unspecified atom stereocenters. The SMILES string of the molecule is CC(=O)N(CCC(=O)NCc1ccccc1C)CC(C)C. The Labute approximate surface area is 127 Å². The van der Waals surface area contributed by atoms with Crippen molar-refractivity contribution in [3.63, 3.8) is 0 Å². The van der Waals surface area contributed by atoms with Crippen LogP contribution in [0.25, 0.3) is 0 Å². The van der Waals surface area contributed by atoms with Gasteiger partial charge in [0.1, 0.15) is 0 Å². The minimum absolute atomic E-state index is 0.0201. The van der Waals surface area contributed by atoms with Crippen molar-refractivity contribution in [2.24, 2.45) is 5.92 Å². The zero-order chi connectivity index (χ0) is 15.8. The molecule has 4 nitrogen and oxygen atoms in total. The fourth-order valence-corrected chi connectivity index (χ4v) is 2.15. The summed E-state index contributed by atoms with van der Waals surface area (Å²) in [6, 6.07) is 7.99. The Hall–Kier alpha value is -1.84. The first-order valence-corrected chi connectivity index (χ1v) is 7.47. The van der Waals surface area contributed by atoms with Crippen molar-refractivity contribution in [2.75, 3.05) is 13.1 Å². The van der Waals surface area contributed by atoms with Crippen molar-refractivity contribution < 1.29 is 9.59 Å². The smallest absolute Gasteiger partial charge is 0.222 e. The van der Waals surface area contributed by atoms with Crippen molar-refractivity contribution >= 4 is 11.8 Å². The maximum atomic E-state index is 11.9. The van der Waals surface area contributed by atoms with Gasteiger partial charge in [-0.05, 0) is 24.0 Å². The molecule has 0 heterocycles. The molecule has 0 radical (unpaired) electrons. The van der Waals surface area contributed by atoms with Crippen molar-refractivity contribution in [2.45, 2.75) is 40.7 Å². The van der Waals surface area contributed by atoms with Crippen LogP contribution in [0.3, 0.4) is 0 Å². The van der Waals surface area contributed by atoms with Crippen LogP contribution in [0, 0.1) is 12.8 Å². The molecule has 0 saturated carbocycles. The molecule has 0 spiro atoms. The van der Waals surface area contributed by atoms with Gasteiger partial charge in [-0.3, -0.25) is 9.59 Å². The molecule has 0 bridgehead atoms. The third-order valence-corrected chi connectivity index (χ3v) is 3.38. The Morgan fingerprint density at radius 3 is 2.48 bits per heavy atom. The maximum Gasteiger partial charge on any atom is 0.222 e. The number of aryl methyl sites for hydroxylation is 1. The minimum Gasteiger partial charge on any atom is -0.352 e. The Bertz CT molecular complexity index is 483. The van der Waals surface area contributed by atoms with Gasteiger partial charge in [0, 0.05) is 33.0 Å². The van der Waals surface area contributed by atoms with Crippen molar-refractivity contribution in [1.82, 2.24) is 10.2 Å². The lowest BCUT2D eigenvalue weighted by Crippen LogP contribution is -2.36. The second-order valence-corrected chi connectivity index (χ2v) is 5.81. The second-order valence-electron chi connectivity index (χ2n) is 5.81. The van der Waals surface area contributed by atoms with E-state index in [1.807, 2.05) is 31.2 Å². The molecular weight excluding hydrogens is 264 g/mol. The van der Waals surface area contributed by atoms with E-state index in [-0.39, 0.29) is 11.8 Å². The lowest BCUT2D eigenvalue weighted by molar-refractivity contribution is -0.130. The first-order chi connectivity index (χ1) is 9.90. The molecule has 1 N–H and O–H groups in total. The molecule has 1 aromatic carbocycles. The van der Waals surface area contributed by atoms with Gasteiger partial charge < -0.3 is 10.2 Å². The van der Waals surface area contributed by atoms with Gasteiger partial charge in [-0.1, -0.05) is 38.1 Å². The van der Waals surface area contributed by atoms with E-state index in [0.29, 0.717) is 32.0 Å². The van der Waals surface area contributed by atoms with E-state index >= 15 is 0 Å². The van der Waals surface area contributed by atoms with Crippen LogP contribution in [0.4, 0.5) is 0 Å². The fourth-order valence-electron chi connectivity index (χ4n) is 2.15. The summed E-state index contributed by atoms with van der Waals surface area (Å²) in [6.45, 7) is 9.42. The fraction of sp³-hybridized carbons (Fsp3) is 0.529. The molecular formula is C17H26N2O2. The molecule has 1 aromatic rings. The quantitative estimate of drug-likeness (QED) is 0.839. The number of carbonyl (C=O) groups is 2. The number of carbonyl (C=O) groups excluding carboxylic acids is 2. The summed E-state index contributed by atoms with van der Waals surface area (Å²) in [5.74, 6) is 0.410. The van der Waals surface area contributed by atoms with Crippen molar-refractivity contribution in [3.05, 3.63) is 35.4 Å². The van der Waals surface area contributed by atoms with E-state index < -0.39 is 0 Å². The normalized spacial score (nSPS) is 10.5. The molecule has 0 aromatic heterocycles. The second kappa shape index (κ2) is 8.45. The van der Waals surface area contributed by atoms with Crippen LogP contribution < -0.4 is 5.32 Å². The van der Waals surface area contributed by atoms with Crippen LogP contribution in [0.1, 0.15) is 38.3 Å². The van der Waals surface area contributed by atoms with E-state index in [1.54, 1.807) is 11.8 Å². The summed E-state index contributed by atoms with van der Waals surface area (Å²) in [7, 11) is 0. The van der Waals surface area contributed by atoms with Crippen molar-refractivity contribution in [3.8, 4) is 0 Å². The van der Waals surface area contributed by atoms with Crippen LogP contribution in [0.2, 0.25) is 0 Å². The number of rotatable bonds is 7. The molecule has 0 saturated heterocycles. The van der Waals surface area contributed by atoms with Gasteiger partial charge in [-0.2, -0.15) is 0 Å². The molecule has 116 valence electrons. The van der Waals surface area contributed by atoms with E-state index in [0.717, 1.165) is 5.56 Å². The topological polar surface area (TPSA) is 49.4 Å². The molecule has 0 atom stereocenters.